The second kappa shape index (κ2) is 9.31. The van der Waals surface area contributed by atoms with Gasteiger partial charge in [0.1, 0.15) is 12.1 Å². The number of rotatable bonds is 8. The summed E-state index contributed by atoms with van der Waals surface area (Å²) in [7, 11) is -2.31. The van der Waals surface area contributed by atoms with Gasteiger partial charge in [0.25, 0.3) is 10.0 Å². The van der Waals surface area contributed by atoms with E-state index in [9.17, 15) is 13.2 Å². The van der Waals surface area contributed by atoms with Crippen molar-refractivity contribution in [1.82, 2.24) is 19.7 Å². The van der Waals surface area contributed by atoms with Crippen molar-refractivity contribution in [3.8, 4) is 17.0 Å². The predicted molar refractivity (Wildman–Crippen MR) is 132 cm³/mol. The second-order valence-electron chi connectivity index (χ2n) is 9.18. The van der Waals surface area contributed by atoms with Gasteiger partial charge in [-0.3, -0.25) is 9.48 Å². The average Bonchev–Trinajstić information content (AvgIpc) is 3.49. The average molecular weight is 499 g/mol. The highest BCUT2D eigenvalue weighted by Crippen LogP contribution is 2.36. The van der Waals surface area contributed by atoms with Gasteiger partial charge >= 0.3 is 0 Å². The number of sulfonamides is 1. The first-order valence-corrected chi connectivity index (χ1v) is 12.9. The summed E-state index contributed by atoms with van der Waals surface area (Å²) in [4.78, 5) is 18.8. The molecule has 11 heteroatoms. The molecule has 0 saturated carbocycles. The molecule has 0 unspecified atom stereocenters. The number of fused-ring (bicyclic) bond motifs is 1. The highest BCUT2D eigenvalue weighted by molar-refractivity contribution is 7.89. The van der Waals surface area contributed by atoms with E-state index in [2.05, 4.69) is 16.1 Å². The number of aryl methyl sites for hydroxylation is 1. The number of hydrogen-bond donors (Lipinski definition) is 2. The standard InChI is InChI=1S/C24H30N6O4S/c1-24(2,30-12-10-21(28-30)35(26,32)33)23(31)29(3)13-14-34-20-15-17(9-11-27-20)19-8-7-16-5-4-6-18(16)22(19)25/h7-12,15H,4-6,13-14,25H2,1-3H3,(H2,26,32,33). The summed E-state index contributed by atoms with van der Waals surface area (Å²) in [6.45, 7) is 3.81. The van der Waals surface area contributed by atoms with Crippen molar-refractivity contribution in [1.29, 1.82) is 0 Å². The quantitative estimate of drug-likeness (QED) is 0.451. The molecule has 0 atom stereocenters. The summed E-state index contributed by atoms with van der Waals surface area (Å²) < 4.78 is 30.1. The summed E-state index contributed by atoms with van der Waals surface area (Å²) in [5, 5.41) is 8.79. The third kappa shape index (κ3) is 5.01. The van der Waals surface area contributed by atoms with Gasteiger partial charge in [0.05, 0.1) is 6.54 Å². The predicted octanol–water partition coefficient (Wildman–Crippen LogP) is 1.94. The molecule has 4 N–H and O–H groups in total. The van der Waals surface area contributed by atoms with Crippen molar-refractivity contribution in [3.05, 3.63) is 53.9 Å². The van der Waals surface area contributed by atoms with Crippen LogP contribution < -0.4 is 15.6 Å². The van der Waals surface area contributed by atoms with Crippen LogP contribution in [0.2, 0.25) is 0 Å². The second-order valence-corrected chi connectivity index (χ2v) is 10.7. The molecule has 0 saturated heterocycles. The number of nitrogens with two attached hydrogens (primary N) is 2. The Kier molecular flexibility index (Phi) is 6.56. The van der Waals surface area contributed by atoms with Crippen LogP contribution in [0.15, 0.2) is 47.8 Å². The van der Waals surface area contributed by atoms with E-state index in [4.69, 9.17) is 15.6 Å². The summed E-state index contributed by atoms with van der Waals surface area (Å²) >= 11 is 0. The molecular weight excluding hydrogens is 468 g/mol. The molecule has 0 bridgehead atoms. The highest BCUT2D eigenvalue weighted by atomic mass is 32.2. The lowest BCUT2D eigenvalue weighted by molar-refractivity contribution is -0.138. The molecule has 1 aliphatic carbocycles. The number of nitrogens with zero attached hydrogens (tertiary/aromatic N) is 4. The summed E-state index contributed by atoms with van der Waals surface area (Å²) in [6, 6.07) is 9.20. The Morgan fingerprint density at radius 3 is 2.71 bits per heavy atom. The number of carbonyl (C=O) groups is 1. The zero-order valence-corrected chi connectivity index (χ0v) is 20.9. The number of anilines is 1. The lowest BCUT2D eigenvalue weighted by Crippen LogP contribution is -2.46. The third-order valence-corrected chi connectivity index (χ3v) is 7.15. The third-order valence-electron chi connectivity index (χ3n) is 6.35. The van der Waals surface area contributed by atoms with Gasteiger partial charge in [-0.2, -0.15) is 5.10 Å². The molecule has 3 aromatic rings. The number of pyridine rings is 1. The van der Waals surface area contributed by atoms with Crippen LogP contribution in [0.4, 0.5) is 5.69 Å². The largest absolute Gasteiger partial charge is 0.476 e. The monoisotopic (exact) mass is 498 g/mol. The number of benzene rings is 1. The van der Waals surface area contributed by atoms with Crippen LogP contribution in [0.5, 0.6) is 5.88 Å². The first-order chi connectivity index (χ1) is 16.5. The number of aromatic nitrogens is 3. The van der Waals surface area contributed by atoms with Crippen molar-refractivity contribution < 1.29 is 17.9 Å². The minimum atomic E-state index is -3.95. The van der Waals surface area contributed by atoms with Gasteiger partial charge in [-0.25, -0.2) is 18.5 Å². The maximum atomic E-state index is 13.0. The number of nitrogen functional groups attached to an aromatic ring is 1. The fraction of sp³-hybridized carbons (Fsp3) is 0.375. The van der Waals surface area contributed by atoms with Gasteiger partial charge in [0, 0.05) is 36.8 Å². The summed E-state index contributed by atoms with van der Waals surface area (Å²) in [5.74, 6) is 0.171. The molecular formula is C24H30N6O4S. The zero-order chi connectivity index (χ0) is 25.4. The molecule has 0 spiro atoms. The molecule has 1 amide bonds. The van der Waals surface area contributed by atoms with E-state index in [-0.39, 0.29) is 17.5 Å². The lowest BCUT2D eigenvalue weighted by Gasteiger charge is -2.29. The first-order valence-electron chi connectivity index (χ1n) is 11.3. The topological polar surface area (TPSA) is 146 Å². The van der Waals surface area contributed by atoms with Crippen molar-refractivity contribution in [2.24, 2.45) is 5.14 Å². The SMILES string of the molecule is CN(CCOc1cc(-c2ccc3c(c2N)CCC3)ccn1)C(=O)C(C)(C)n1ccc(S(N)(=O)=O)n1. The van der Waals surface area contributed by atoms with Crippen LogP contribution in [0, 0.1) is 0 Å². The number of carbonyl (C=O) groups excluding carboxylic acids is 1. The Morgan fingerprint density at radius 2 is 2.00 bits per heavy atom. The molecule has 10 nitrogen and oxygen atoms in total. The Labute approximate surface area is 204 Å². The van der Waals surface area contributed by atoms with Crippen molar-refractivity contribution in [2.45, 2.75) is 43.7 Å². The van der Waals surface area contributed by atoms with Crippen LogP contribution in [-0.2, 0) is 33.2 Å². The van der Waals surface area contributed by atoms with Crippen LogP contribution in [0.3, 0.4) is 0 Å². The molecule has 1 aliphatic rings. The normalized spacial score (nSPS) is 13.5. The van der Waals surface area contributed by atoms with Gasteiger partial charge in [-0.1, -0.05) is 12.1 Å². The maximum Gasteiger partial charge on any atom is 0.257 e. The van der Waals surface area contributed by atoms with Crippen LogP contribution in [0.1, 0.15) is 31.4 Å². The number of hydrogen-bond acceptors (Lipinski definition) is 7. The molecule has 0 aliphatic heterocycles. The van der Waals surface area contributed by atoms with Crippen LogP contribution >= 0.6 is 0 Å². The Hall–Kier alpha value is -3.44. The van der Waals surface area contributed by atoms with Gasteiger partial charge in [-0.15, -0.1) is 0 Å². The lowest BCUT2D eigenvalue weighted by atomic mass is 9.98. The van der Waals surface area contributed by atoms with E-state index in [0.717, 1.165) is 36.1 Å². The zero-order valence-electron chi connectivity index (χ0n) is 20.1. The first kappa shape index (κ1) is 24.7. The van der Waals surface area contributed by atoms with E-state index in [1.807, 2.05) is 18.2 Å². The van der Waals surface area contributed by atoms with E-state index >= 15 is 0 Å². The Bertz CT molecular complexity index is 1370. The van der Waals surface area contributed by atoms with Gasteiger partial charge in [0.2, 0.25) is 11.8 Å². The van der Waals surface area contributed by atoms with Gasteiger partial charge in [0.15, 0.2) is 5.03 Å². The molecule has 2 aromatic heterocycles. The molecule has 2 heterocycles. The van der Waals surface area contributed by atoms with Crippen molar-refractivity contribution in [2.75, 3.05) is 25.9 Å². The minimum Gasteiger partial charge on any atom is -0.476 e. The Balaban J connectivity index is 1.39. The van der Waals surface area contributed by atoms with Crippen molar-refractivity contribution >= 4 is 21.6 Å². The number of amides is 1. The highest BCUT2D eigenvalue weighted by Gasteiger charge is 2.34. The smallest absolute Gasteiger partial charge is 0.257 e. The maximum absolute atomic E-state index is 13.0. The number of primary sulfonamides is 1. The van der Waals surface area contributed by atoms with E-state index < -0.39 is 15.6 Å². The molecule has 35 heavy (non-hydrogen) atoms. The van der Waals surface area contributed by atoms with Gasteiger partial charge < -0.3 is 15.4 Å². The molecule has 4 rings (SSSR count). The van der Waals surface area contributed by atoms with Crippen LogP contribution in [0.25, 0.3) is 11.1 Å². The minimum absolute atomic E-state index is 0.218. The molecule has 0 fully saturated rings. The number of ether oxygens (including phenoxy) is 1. The molecule has 0 radical (unpaired) electrons. The number of likely N-dealkylation sites (N-methyl/N-ethyl adjacent to an activating group) is 1. The van der Waals surface area contributed by atoms with Crippen LogP contribution in [-0.4, -0.2) is 54.2 Å². The summed E-state index contributed by atoms with van der Waals surface area (Å²) in [6.07, 6.45) is 6.30. The molecule has 186 valence electrons. The summed E-state index contributed by atoms with van der Waals surface area (Å²) in [5.41, 5.74) is 10.6. The molecule has 1 aromatic carbocycles. The fourth-order valence-electron chi connectivity index (χ4n) is 4.33. The fourth-order valence-corrected chi connectivity index (χ4v) is 4.78. The van der Waals surface area contributed by atoms with E-state index in [0.29, 0.717) is 12.4 Å². The van der Waals surface area contributed by atoms with E-state index in [1.165, 1.54) is 33.0 Å². The van der Waals surface area contributed by atoms with Gasteiger partial charge in [-0.05, 0) is 61.9 Å². The van der Waals surface area contributed by atoms with E-state index in [1.54, 1.807) is 27.1 Å². The Morgan fingerprint density at radius 1 is 1.23 bits per heavy atom. The van der Waals surface area contributed by atoms with Crippen molar-refractivity contribution in [3.63, 3.8) is 0 Å².